The van der Waals surface area contributed by atoms with E-state index in [2.05, 4.69) is 11.8 Å². The topological polar surface area (TPSA) is 58.4 Å². The summed E-state index contributed by atoms with van der Waals surface area (Å²) in [5.74, 6) is 0.0217. The monoisotopic (exact) mass is 289 g/mol. The van der Waals surface area contributed by atoms with Gasteiger partial charge in [0, 0.05) is 0 Å². The standard InChI is InChI=1S/C16H23N3O2/c1-5-12(18(3)4)15-17-11-9-7-8-10-14(11)19(15)13(6-2)16(20)21/h7-10,12-13H,5-6H2,1-4H3,(H,20,21). The molecule has 5 heteroatoms. The van der Waals surface area contributed by atoms with E-state index in [0.717, 1.165) is 23.3 Å². The maximum absolute atomic E-state index is 11.6. The van der Waals surface area contributed by atoms with Gasteiger partial charge >= 0.3 is 5.97 Å². The van der Waals surface area contributed by atoms with Crippen molar-refractivity contribution < 1.29 is 9.90 Å². The van der Waals surface area contributed by atoms with Crippen LogP contribution >= 0.6 is 0 Å². The van der Waals surface area contributed by atoms with E-state index >= 15 is 0 Å². The number of carbonyl (C=O) groups is 1. The Labute approximate surface area is 125 Å². The molecule has 0 saturated carbocycles. The number of benzene rings is 1. The molecule has 114 valence electrons. The van der Waals surface area contributed by atoms with Crippen LogP contribution in [-0.2, 0) is 4.79 Å². The van der Waals surface area contributed by atoms with Crippen LogP contribution in [0.15, 0.2) is 24.3 Å². The molecule has 2 rings (SSSR count). The molecule has 0 spiro atoms. The van der Waals surface area contributed by atoms with E-state index < -0.39 is 12.0 Å². The molecule has 1 heterocycles. The maximum Gasteiger partial charge on any atom is 0.326 e. The van der Waals surface area contributed by atoms with Crippen molar-refractivity contribution in [3.8, 4) is 0 Å². The summed E-state index contributed by atoms with van der Waals surface area (Å²) in [7, 11) is 4.00. The van der Waals surface area contributed by atoms with Crippen LogP contribution in [-0.4, -0.2) is 39.6 Å². The van der Waals surface area contributed by atoms with Crippen LogP contribution in [0.25, 0.3) is 11.0 Å². The molecule has 5 nitrogen and oxygen atoms in total. The van der Waals surface area contributed by atoms with Gasteiger partial charge in [-0.3, -0.25) is 4.90 Å². The minimum atomic E-state index is -0.810. The highest BCUT2D eigenvalue weighted by Crippen LogP contribution is 2.30. The number of imidazole rings is 1. The first-order chi connectivity index (χ1) is 10.0. The highest BCUT2D eigenvalue weighted by atomic mass is 16.4. The molecule has 0 saturated heterocycles. The van der Waals surface area contributed by atoms with Crippen molar-refractivity contribution in [1.82, 2.24) is 14.5 Å². The molecule has 0 aliphatic heterocycles. The number of nitrogens with zero attached hydrogens (tertiary/aromatic N) is 3. The van der Waals surface area contributed by atoms with Crippen molar-refractivity contribution in [1.29, 1.82) is 0 Å². The molecule has 0 aliphatic carbocycles. The molecular formula is C16H23N3O2. The molecule has 1 N–H and O–H groups in total. The Bertz CT molecular complexity index is 633. The number of fused-ring (bicyclic) bond motifs is 1. The summed E-state index contributed by atoms with van der Waals surface area (Å²) in [5.41, 5.74) is 1.74. The minimum Gasteiger partial charge on any atom is -0.480 e. The minimum absolute atomic E-state index is 0.103. The molecule has 2 aromatic rings. The maximum atomic E-state index is 11.6. The van der Waals surface area contributed by atoms with E-state index in [0.29, 0.717) is 6.42 Å². The van der Waals surface area contributed by atoms with Crippen LogP contribution in [0.2, 0.25) is 0 Å². The number of para-hydroxylation sites is 2. The Kier molecular flexibility index (Phi) is 4.63. The van der Waals surface area contributed by atoms with Crippen LogP contribution in [0.5, 0.6) is 0 Å². The highest BCUT2D eigenvalue weighted by Gasteiger charge is 2.27. The largest absolute Gasteiger partial charge is 0.480 e. The second-order valence-electron chi connectivity index (χ2n) is 5.48. The van der Waals surface area contributed by atoms with Crippen LogP contribution in [0, 0.1) is 0 Å². The smallest absolute Gasteiger partial charge is 0.326 e. The third kappa shape index (κ3) is 2.78. The van der Waals surface area contributed by atoms with Gasteiger partial charge < -0.3 is 9.67 Å². The second kappa shape index (κ2) is 6.26. The molecule has 0 amide bonds. The fourth-order valence-corrected chi connectivity index (χ4v) is 2.87. The number of hydrogen-bond donors (Lipinski definition) is 1. The molecule has 21 heavy (non-hydrogen) atoms. The Morgan fingerprint density at radius 2 is 1.95 bits per heavy atom. The summed E-state index contributed by atoms with van der Waals surface area (Å²) in [6.07, 6.45) is 1.42. The zero-order valence-corrected chi connectivity index (χ0v) is 13.1. The van der Waals surface area contributed by atoms with E-state index in [1.54, 1.807) is 0 Å². The zero-order valence-electron chi connectivity index (χ0n) is 13.1. The number of carboxylic acids is 1. The first kappa shape index (κ1) is 15.5. The van der Waals surface area contributed by atoms with Gasteiger partial charge in [0.05, 0.1) is 17.1 Å². The SMILES string of the molecule is CCC(c1nc2ccccc2n1C(CC)C(=O)O)N(C)C. The first-order valence-electron chi connectivity index (χ1n) is 7.37. The zero-order chi connectivity index (χ0) is 15.6. The number of rotatable bonds is 6. The lowest BCUT2D eigenvalue weighted by Gasteiger charge is -2.25. The van der Waals surface area contributed by atoms with Gasteiger partial charge in [-0.25, -0.2) is 9.78 Å². The van der Waals surface area contributed by atoms with Gasteiger partial charge in [0.15, 0.2) is 0 Å². The molecule has 2 atom stereocenters. The van der Waals surface area contributed by atoms with E-state index in [-0.39, 0.29) is 6.04 Å². The molecule has 2 unspecified atom stereocenters. The molecule has 1 aromatic carbocycles. The van der Waals surface area contributed by atoms with Gasteiger partial charge in [-0.15, -0.1) is 0 Å². The number of carboxylic acid groups (broad SMARTS) is 1. The summed E-state index contributed by atoms with van der Waals surface area (Å²) in [6, 6.07) is 7.26. The van der Waals surface area contributed by atoms with Crippen molar-refractivity contribution in [3.63, 3.8) is 0 Å². The molecule has 0 aliphatic rings. The molecular weight excluding hydrogens is 266 g/mol. The van der Waals surface area contributed by atoms with Gasteiger partial charge in [0.25, 0.3) is 0 Å². The number of hydrogen-bond acceptors (Lipinski definition) is 3. The quantitative estimate of drug-likeness (QED) is 0.888. The Balaban J connectivity index is 2.71. The summed E-state index contributed by atoms with van der Waals surface area (Å²) in [4.78, 5) is 18.4. The normalized spacial score (nSPS) is 14.5. The summed E-state index contributed by atoms with van der Waals surface area (Å²) >= 11 is 0. The van der Waals surface area contributed by atoms with Gasteiger partial charge in [-0.1, -0.05) is 26.0 Å². The average Bonchev–Trinajstić information content (AvgIpc) is 2.79. The number of aromatic nitrogens is 2. The molecule has 0 radical (unpaired) electrons. The van der Waals surface area contributed by atoms with Crippen molar-refractivity contribution in [2.45, 2.75) is 38.8 Å². The second-order valence-corrected chi connectivity index (χ2v) is 5.48. The van der Waals surface area contributed by atoms with Crippen molar-refractivity contribution in [2.24, 2.45) is 0 Å². The van der Waals surface area contributed by atoms with Gasteiger partial charge in [-0.2, -0.15) is 0 Å². The van der Waals surface area contributed by atoms with E-state index in [9.17, 15) is 9.90 Å². The summed E-state index contributed by atoms with van der Waals surface area (Å²) in [5, 5.41) is 9.56. The lowest BCUT2D eigenvalue weighted by Crippen LogP contribution is -2.27. The Hall–Kier alpha value is -1.88. The molecule has 0 fully saturated rings. The van der Waals surface area contributed by atoms with Crippen LogP contribution in [0.1, 0.15) is 44.6 Å². The average molecular weight is 289 g/mol. The third-order valence-electron chi connectivity index (χ3n) is 3.91. The van der Waals surface area contributed by atoms with Crippen LogP contribution in [0.3, 0.4) is 0 Å². The first-order valence-corrected chi connectivity index (χ1v) is 7.37. The third-order valence-corrected chi connectivity index (χ3v) is 3.91. The summed E-state index contributed by atoms with van der Waals surface area (Å²) < 4.78 is 1.89. The van der Waals surface area contributed by atoms with Crippen molar-refractivity contribution >= 4 is 17.0 Å². The lowest BCUT2D eigenvalue weighted by molar-refractivity contribution is -0.141. The van der Waals surface area contributed by atoms with Gasteiger partial charge in [0.2, 0.25) is 0 Å². The Morgan fingerprint density at radius 1 is 1.29 bits per heavy atom. The Morgan fingerprint density at radius 3 is 2.48 bits per heavy atom. The number of aliphatic carboxylic acids is 1. The molecule has 0 bridgehead atoms. The lowest BCUT2D eigenvalue weighted by atomic mass is 10.1. The molecule has 1 aromatic heterocycles. The van der Waals surface area contributed by atoms with E-state index in [1.165, 1.54) is 0 Å². The van der Waals surface area contributed by atoms with Crippen molar-refractivity contribution in [2.75, 3.05) is 14.1 Å². The van der Waals surface area contributed by atoms with Crippen LogP contribution in [0.4, 0.5) is 0 Å². The fourth-order valence-electron chi connectivity index (χ4n) is 2.87. The highest BCUT2D eigenvalue weighted by molar-refractivity contribution is 5.80. The van der Waals surface area contributed by atoms with E-state index in [4.69, 9.17) is 4.98 Å². The van der Waals surface area contributed by atoms with Gasteiger partial charge in [-0.05, 0) is 39.1 Å². The van der Waals surface area contributed by atoms with E-state index in [1.807, 2.05) is 49.9 Å². The summed E-state index contributed by atoms with van der Waals surface area (Å²) in [6.45, 7) is 3.99. The van der Waals surface area contributed by atoms with Crippen molar-refractivity contribution in [3.05, 3.63) is 30.1 Å². The van der Waals surface area contributed by atoms with Gasteiger partial charge in [0.1, 0.15) is 11.9 Å². The predicted octanol–water partition coefficient (Wildman–Crippen LogP) is 3.08. The predicted molar refractivity (Wildman–Crippen MR) is 83.4 cm³/mol. The van der Waals surface area contributed by atoms with Crippen LogP contribution < -0.4 is 0 Å². The fraction of sp³-hybridized carbons (Fsp3) is 0.500.